The SMILES string of the molecule is CCC/C(C)=C\C(C=O)=NC.CCc1ccccc1.CNc1cc(CN)ccc1N1CCC(C(=O)OC)CC1. The van der Waals surface area contributed by atoms with Crippen LogP contribution in [0.25, 0.3) is 0 Å². The number of nitrogens with zero attached hydrogens (tertiary/aromatic N) is 2. The molecule has 0 unspecified atom stereocenters. The summed E-state index contributed by atoms with van der Waals surface area (Å²) >= 11 is 0. The number of rotatable bonds is 9. The highest BCUT2D eigenvalue weighted by atomic mass is 16.5. The monoisotopic (exact) mass is 536 g/mol. The Morgan fingerprint density at radius 2 is 1.79 bits per heavy atom. The van der Waals surface area contributed by atoms with Crippen molar-refractivity contribution in [2.24, 2.45) is 16.6 Å². The smallest absolute Gasteiger partial charge is 0.308 e. The number of hydrogen-bond acceptors (Lipinski definition) is 7. The number of anilines is 2. The highest BCUT2D eigenvalue weighted by molar-refractivity contribution is 6.33. The lowest BCUT2D eigenvalue weighted by atomic mass is 9.96. The molecule has 7 nitrogen and oxygen atoms in total. The molecule has 0 aliphatic carbocycles. The van der Waals surface area contributed by atoms with Crippen LogP contribution in [0.2, 0.25) is 0 Å². The van der Waals surface area contributed by atoms with Crippen molar-refractivity contribution < 1.29 is 14.3 Å². The Balaban J connectivity index is 0.000000335. The number of aldehydes is 1. The number of aryl methyl sites for hydroxylation is 1. The fourth-order valence-electron chi connectivity index (χ4n) is 4.29. The molecule has 2 aromatic carbocycles. The molecular weight excluding hydrogens is 488 g/mol. The van der Waals surface area contributed by atoms with Crippen molar-refractivity contribution in [1.82, 2.24) is 0 Å². The molecule has 3 rings (SSSR count). The average Bonchev–Trinajstić information content (AvgIpc) is 3.00. The summed E-state index contributed by atoms with van der Waals surface area (Å²) < 4.78 is 4.82. The van der Waals surface area contributed by atoms with E-state index in [1.807, 2.05) is 26.1 Å². The Bertz CT molecular complexity index is 1040. The van der Waals surface area contributed by atoms with E-state index in [1.54, 1.807) is 7.05 Å². The zero-order valence-corrected chi connectivity index (χ0v) is 24.7. The lowest BCUT2D eigenvalue weighted by Crippen LogP contribution is -2.37. The van der Waals surface area contributed by atoms with Crippen LogP contribution in [0.3, 0.4) is 0 Å². The maximum atomic E-state index is 11.5. The lowest BCUT2D eigenvalue weighted by Gasteiger charge is -2.33. The Kier molecular flexibility index (Phi) is 16.9. The molecule has 0 amide bonds. The van der Waals surface area contributed by atoms with Gasteiger partial charge in [-0.2, -0.15) is 0 Å². The second-order valence-corrected chi connectivity index (χ2v) is 9.44. The molecule has 0 spiro atoms. The minimum Gasteiger partial charge on any atom is -0.469 e. The van der Waals surface area contributed by atoms with Crippen LogP contribution in [-0.2, 0) is 27.3 Å². The molecule has 1 saturated heterocycles. The molecule has 1 fully saturated rings. The number of carbonyl (C=O) groups is 2. The number of benzene rings is 2. The van der Waals surface area contributed by atoms with Gasteiger partial charge in [-0.25, -0.2) is 0 Å². The topological polar surface area (TPSA) is 97.0 Å². The van der Waals surface area contributed by atoms with E-state index in [-0.39, 0.29) is 11.9 Å². The van der Waals surface area contributed by atoms with Crippen LogP contribution in [0.4, 0.5) is 11.4 Å². The van der Waals surface area contributed by atoms with Gasteiger partial charge in [0.25, 0.3) is 0 Å². The first-order valence-corrected chi connectivity index (χ1v) is 13.8. The third kappa shape index (κ3) is 12.3. The molecule has 1 aliphatic rings. The summed E-state index contributed by atoms with van der Waals surface area (Å²) in [7, 11) is 5.00. The van der Waals surface area contributed by atoms with Crippen LogP contribution < -0.4 is 16.0 Å². The van der Waals surface area contributed by atoms with E-state index in [2.05, 4.69) is 71.5 Å². The predicted octanol–water partition coefficient (Wildman–Crippen LogP) is 5.83. The number of methoxy groups -OCH3 is 1. The molecule has 0 bridgehead atoms. The fraction of sp³-hybridized carbons (Fsp3) is 0.469. The van der Waals surface area contributed by atoms with Crippen LogP contribution in [0.5, 0.6) is 0 Å². The van der Waals surface area contributed by atoms with Crippen molar-refractivity contribution in [2.45, 2.75) is 59.4 Å². The Morgan fingerprint density at radius 3 is 2.26 bits per heavy atom. The summed E-state index contributed by atoms with van der Waals surface area (Å²) in [4.78, 5) is 28.0. The molecule has 1 heterocycles. The molecule has 1 aliphatic heterocycles. The van der Waals surface area contributed by atoms with Crippen molar-refractivity contribution in [3.05, 3.63) is 71.3 Å². The van der Waals surface area contributed by atoms with E-state index in [4.69, 9.17) is 10.5 Å². The highest BCUT2D eigenvalue weighted by Crippen LogP contribution is 2.31. The second kappa shape index (κ2) is 19.6. The first-order valence-electron chi connectivity index (χ1n) is 13.8. The first-order chi connectivity index (χ1) is 18.9. The molecule has 3 N–H and O–H groups in total. The van der Waals surface area contributed by atoms with Gasteiger partial charge in [0.2, 0.25) is 0 Å². The third-order valence-corrected chi connectivity index (χ3v) is 6.60. The summed E-state index contributed by atoms with van der Waals surface area (Å²) in [6, 6.07) is 16.7. The molecule has 7 heteroatoms. The van der Waals surface area contributed by atoms with Crippen LogP contribution in [0, 0.1) is 5.92 Å². The van der Waals surface area contributed by atoms with Crippen LogP contribution in [0.15, 0.2) is 65.2 Å². The molecular formula is C32H48N4O3. The number of esters is 1. The Labute approximate surface area is 235 Å². The summed E-state index contributed by atoms with van der Waals surface area (Å²) in [6.45, 7) is 8.57. The molecule has 0 aromatic heterocycles. The fourth-order valence-corrected chi connectivity index (χ4v) is 4.29. The molecule has 214 valence electrons. The number of aliphatic imine (C=N–C) groups is 1. The molecule has 0 saturated carbocycles. The molecule has 39 heavy (non-hydrogen) atoms. The van der Waals surface area contributed by atoms with E-state index in [1.165, 1.54) is 23.9 Å². The van der Waals surface area contributed by atoms with E-state index < -0.39 is 0 Å². The highest BCUT2D eigenvalue weighted by Gasteiger charge is 2.26. The summed E-state index contributed by atoms with van der Waals surface area (Å²) in [5, 5.41) is 3.22. The molecule has 2 aromatic rings. The van der Waals surface area contributed by atoms with Crippen molar-refractivity contribution in [3.8, 4) is 0 Å². The average molecular weight is 537 g/mol. The maximum Gasteiger partial charge on any atom is 0.308 e. The van der Waals surface area contributed by atoms with Crippen LogP contribution >= 0.6 is 0 Å². The van der Waals surface area contributed by atoms with Crippen molar-refractivity contribution in [2.75, 3.05) is 44.5 Å². The first kappa shape index (κ1) is 33.6. The van der Waals surface area contributed by atoms with Gasteiger partial charge >= 0.3 is 5.97 Å². The van der Waals surface area contributed by atoms with Crippen LogP contribution in [0.1, 0.15) is 57.6 Å². The second-order valence-electron chi connectivity index (χ2n) is 9.44. The van der Waals surface area contributed by atoms with Crippen molar-refractivity contribution >= 4 is 29.3 Å². The van der Waals surface area contributed by atoms with Crippen molar-refractivity contribution in [3.63, 3.8) is 0 Å². The minimum atomic E-state index is -0.0861. The zero-order valence-electron chi connectivity index (χ0n) is 24.7. The van der Waals surface area contributed by atoms with Gasteiger partial charge in [0.1, 0.15) is 0 Å². The van der Waals surface area contributed by atoms with Gasteiger partial charge in [0.05, 0.1) is 30.1 Å². The van der Waals surface area contributed by atoms with Crippen molar-refractivity contribution in [1.29, 1.82) is 0 Å². The minimum absolute atomic E-state index is 0.0394. The molecule has 0 atom stereocenters. The molecule has 0 radical (unpaired) electrons. The normalized spacial score (nSPS) is 13.9. The van der Waals surface area contributed by atoms with Gasteiger partial charge in [0, 0.05) is 33.7 Å². The number of nitrogens with two attached hydrogens (primary N) is 1. The van der Waals surface area contributed by atoms with Gasteiger partial charge in [-0.15, -0.1) is 0 Å². The lowest BCUT2D eigenvalue weighted by molar-refractivity contribution is -0.146. The summed E-state index contributed by atoms with van der Waals surface area (Å²) in [5.74, 6) is -0.0467. The Hall–Kier alpha value is -3.45. The Morgan fingerprint density at radius 1 is 1.13 bits per heavy atom. The summed E-state index contributed by atoms with van der Waals surface area (Å²) in [6.07, 6.45) is 7.57. The number of carbonyl (C=O) groups excluding carboxylic acids is 2. The number of hydrogen-bond donors (Lipinski definition) is 2. The zero-order chi connectivity index (χ0) is 29.0. The number of ether oxygens (including phenoxy) is 1. The van der Waals surface area contributed by atoms with E-state index in [0.29, 0.717) is 12.3 Å². The van der Waals surface area contributed by atoms with E-state index >= 15 is 0 Å². The quantitative estimate of drug-likeness (QED) is 0.238. The predicted molar refractivity (Wildman–Crippen MR) is 165 cm³/mol. The van der Waals surface area contributed by atoms with E-state index in [9.17, 15) is 9.59 Å². The number of allylic oxidation sites excluding steroid dienone is 2. The largest absolute Gasteiger partial charge is 0.469 e. The third-order valence-electron chi connectivity index (χ3n) is 6.60. The van der Waals surface area contributed by atoms with E-state index in [0.717, 1.165) is 62.7 Å². The van der Waals surface area contributed by atoms with Gasteiger partial charge in [-0.1, -0.05) is 62.2 Å². The standard InChI is InChI=1S/C15H23N3O2.C9H15NO.C8H10/c1-17-13-9-11(10-16)3-4-14(13)18-7-5-12(6-8-18)15(19)20-2;1-4-5-8(2)6-9(7-11)10-3;1-2-8-6-4-3-5-7-8/h3-4,9,12,17H,5-8,10,16H2,1-2H3;6-7H,4-5H2,1-3H3;3-7H,2H2,1H3/b;8-6-,10-9?;. The van der Waals surface area contributed by atoms with Crippen LogP contribution in [-0.4, -0.2) is 52.3 Å². The summed E-state index contributed by atoms with van der Waals surface area (Å²) in [5.41, 5.74) is 12.2. The van der Waals surface area contributed by atoms with Gasteiger partial charge < -0.3 is 20.7 Å². The number of piperidine rings is 1. The van der Waals surface area contributed by atoms with Gasteiger partial charge in [-0.05, 0) is 61.9 Å². The maximum absolute atomic E-state index is 11.5. The van der Waals surface area contributed by atoms with Gasteiger partial charge in [-0.3, -0.25) is 14.6 Å². The number of nitrogens with one attached hydrogen (secondary N) is 1. The van der Waals surface area contributed by atoms with Gasteiger partial charge in [0.15, 0.2) is 6.29 Å².